The highest BCUT2D eigenvalue weighted by molar-refractivity contribution is 6.18. The lowest BCUT2D eigenvalue weighted by Gasteiger charge is -2.10. The number of rotatable bonds is 19. The van der Waals surface area contributed by atoms with E-state index in [1.165, 1.54) is 56.7 Å². The molecule has 0 aliphatic carbocycles. The summed E-state index contributed by atoms with van der Waals surface area (Å²) in [7, 11) is 0. The van der Waals surface area contributed by atoms with Crippen molar-refractivity contribution in [2.45, 2.75) is 84.0 Å². The molecular weight excluding hydrogens is 440 g/mol. The van der Waals surface area contributed by atoms with Crippen molar-refractivity contribution in [2.75, 3.05) is 13.1 Å². The summed E-state index contributed by atoms with van der Waals surface area (Å²) in [5.41, 5.74) is 0.597. The topological polar surface area (TPSA) is 98.7 Å². The highest BCUT2D eigenvalue weighted by Gasteiger charge is 2.11. The van der Waals surface area contributed by atoms with Crippen LogP contribution in [0, 0.1) is 0 Å². The molecule has 0 radical (unpaired) electrons. The summed E-state index contributed by atoms with van der Waals surface area (Å²) in [5.74, 6) is -0.962. The Balaban J connectivity index is 1.98. The Hall–Kier alpha value is -3.02. The zero-order chi connectivity index (χ0) is 25.7. The maximum Gasteiger partial charge on any atom is 0.251 e. The third-order valence-corrected chi connectivity index (χ3v) is 5.69. The van der Waals surface area contributed by atoms with E-state index in [0.29, 0.717) is 18.5 Å². The van der Waals surface area contributed by atoms with Crippen molar-refractivity contribution in [3.05, 3.63) is 54.6 Å². The molecule has 6 nitrogen and oxygen atoms in total. The van der Waals surface area contributed by atoms with Crippen molar-refractivity contribution in [1.82, 2.24) is 10.6 Å². The maximum absolute atomic E-state index is 12.1. The summed E-state index contributed by atoms with van der Waals surface area (Å²) in [5, 5.41) is 24.4. The summed E-state index contributed by atoms with van der Waals surface area (Å²) >= 11 is 0. The van der Waals surface area contributed by atoms with Crippen LogP contribution in [0.4, 0.5) is 0 Å². The Morgan fingerprint density at radius 1 is 0.829 bits per heavy atom. The minimum absolute atomic E-state index is 0.00721. The van der Waals surface area contributed by atoms with Gasteiger partial charge >= 0.3 is 0 Å². The number of aromatic hydroxyl groups is 2. The summed E-state index contributed by atoms with van der Waals surface area (Å²) in [6.07, 6.45) is 22.2. The van der Waals surface area contributed by atoms with Crippen LogP contribution in [0.15, 0.2) is 49.1 Å². The molecule has 0 bridgehead atoms. The Labute approximate surface area is 211 Å². The van der Waals surface area contributed by atoms with Gasteiger partial charge in [0.15, 0.2) is 11.5 Å². The predicted molar refractivity (Wildman–Crippen MR) is 144 cm³/mol. The number of benzene rings is 1. The average molecular weight is 485 g/mol. The number of hydrogen-bond acceptors (Lipinski definition) is 4. The molecule has 0 spiro atoms. The summed E-state index contributed by atoms with van der Waals surface area (Å²) in [4.78, 5) is 24.1. The van der Waals surface area contributed by atoms with Gasteiger partial charge in [-0.2, -0.15) is 0 Å². The lowest BCUT2D eigenvalue weighted by atomic mass is 10.1. The minimum Gasteiger partial charge on any atom is -0.504 e. The van der Waals surface area contributed by atoms with Crippen LogP contribution in [0.3, 0.4) is 0 Å². The van der Waals surface area contributed by atoms with Crippen molar-refractivity contribution < 1.29 is 19.8 Å². The Bertz CT molecular complexity index is 830. The quantitative estimate of drug-likeness (QED) is 0.0818. The molecule has 35 heavy (non-hydrogen) atoms. The van der Waals surface area contributed by atoms with E-state index in [9.17, 15) is 19.8 Å². The number of phenols is 2. The molecule has 1 aromatic rings. The number of hydrogen-bond donors (Lipinski definition) is 4. The normalized spacial score (nSPS) is 11.2. The van der Waals surface area contributed by atoms with Gasteiger partial charge in [0.25, 0.3) is 5.91 Å². The van der Waals surface area contributed by atoms with Crippen LogP contribution in [-0.2, 0) is 9.59 Å². The highest BCUT2D eigenvalue weighted by Crippen LogP contribution is 2.27. The number of allylic oxidation sites excluding steroid dienone is 4. The first-order valence-corrected chi connectivity index (χ1v) is 13.0. The average Bonchev–Trinajstić information content (AvgIpc) is 2.85. The first kappa shape index (κ1) is 30.0. The second-order valence-electron chi connectivity index (χ2n) is 8.77. The Kier molecular flexibility index (Phi) is 16.6. The van der Waals surface area contributed by atoms with Crippen molar-refractivity contribution in [3.8, 4) is 11.5 Å². The lowest BCUT2D eigenvalue weighted by molar-refractivity contribution is -0.121. The first-order chi connectivity index (χ1) is 17.0. The minimum atomic E-state index is -0.391. The zero-order valence-electron chi connectivity index (χ0n) is 21.4. The molecule has 0 unspecified atom stereocenters. The van der Waals surface area contributed by atoms with Crippen LogP contribution in [0.2, 0.25) is 0 Å². The van der Waals surface area contributed by atoms with E-state index in [4.69, 9.17) is 0 Å². The first-order valence-electron chi connectivity index (χ1n) is 13.0. The van der Waals surface area contributed by atoms with E-state index >= 15 is 0 Å². The van der Waals surface area contributed by atoms with E-state index in [-0.39, 0.29) is 29.5 Å². The SMILES string of the molecule is C=C(C(=O)NCCNC(=O)CCCCCCC/C=C/C/C=C/CCCCC)c1ccc(O)c(O)c1. The number of unbranched alkanes of at least 4 members (excludes halogenated alkanes) is 8. The van der Waals surface area contributed by atoms with Gasteiger partial charge in [-0.1, -0.05) is 76.0 Å². The molecule has 0 fully saturated rings. The van der Waals surface area contributed by atoms with Gasteiger partial charge in [0, 0.05) is 25.1 Å². The fourth-order valence-corrected chi connectivity index (χ4v) is 3.51. The van der Waals surface area contributed by atoms with Gasteiger partial charge in [0.2, 0.25) is 5.91 Å². The van der Waals surface area contributed by atoms with Gasteiger partial charge in [0.05, 0.1) is 0 Å². The number of amides is 2. The Morgan fingerprint density at radius 3 is 2.14 bits per heavy atom. The number of phenolic OH excluding ortho intramolecular Hbond substituents is 2. The predicted octanol–water partition coefficient (Wildman–Crippen LogP) is 6.16. The molecule has 6 heteroatoms. The monoisotopic (exact) mass is 484 g/mol. The van der Waals surface area contributed by atoms with Crippen molar-refractivity contribution in [1.29, 1.82) is 0 Å². The largest absolute Gasteiger partial charge is 0.504 e. The Morgan fingerprint density at radius 2 is 1.46 bits per heavy atom. The van der Waals surface area contributed by atoms with Crippen LogP contribution in [0.5, 0.6) is 11.5 Å². The van der Waals surface area contributed by atoms with Gasteiger partial charge in [0.1, 0.15) is 0 Å². The smallest absolute Gasteiger partial charge is 0.251 e. The molecule has 2 amide bonds. The molecule has 4 N–H and O–H groups in total. The third kappa shape index (κ3) is 14.8. The van der Waals surface area contributed by atoms with Crippen LogP contribution in [0.25, 0.3) is 5.57 Å². The molecule has 1 rings (SSSR count). The van der Waals surface area contributed by atoms with Crippen LogP contribution >= 0.6 is 0 Å². The standard InChI is InChI=1S/C29H44N2O4/c1-3-4-5-6-7-8-9-10-11-12-13-14-15-16-17-18-28(34)30-21-22-31-29(35)24(2)25-19-20-26(32)27(33)23-25/h7-8,10-11,19-20,23,32-33H,2-6,9,12-18,21-22H2,1H3,(H,30,34)(H,31,35)/b8-7+,11-10+. The number of carbonyl (C=O) groups is 2. The number of carbonyl (C=O) groups excluding carboxylic acids is 2. The second kappa shape index (κ2) is 19.3. The molecule has 0 aliphatic rings. The summed E-state index contributed by atoms with van der Waals surface area (Å²) in [6.45, 7) is 6.58. The van der Waals surface area contributed by atoms with Crippen LogP contribution in [0.1, 0.15) is 89.5 Å². The lowest BCUT2D eigenvalue weighted by Crippen LogP contribution is -2.34. The summed E-state index contributed by atoms with van der Waals surface area (Å²) < 4.78 is 0. The van der Waals surface area contributed by atoms with E-state index in [1.54, 1.807) is 0 Å². The van der Waals surface area contributed by atoms with Crippen molar-refractivity contribution >= 4 is 17.4 Å². The molecule has 194 valence electrons. The van der Waals surface area contributed by atoms with Crippen LogP contribution in [-0.4, -0.2) is 35.1 Å². The van der Waals surface area contributed by atoms with E-state index in [0.717, 1.165) is 32.1 Å². The van der Waals surface area contributed by atoms with E-state index in [1.807, 2.05) is 0 Å². The fourth-order valence-electron chi connectivity index (χ4n) is 3.51. The van der Waals surface area contributed by atoms with Crippen molar-refractivity contribution in [2.24, 2.45) is 0 Å². The van der Waals surface area contributed by atoms with Gasteiger partial charge in [-0.15, -0.1) is 0 Å². The fraction of sp³-hybridized carbons (Fsp3) is 0.517. The third-order valence-electron chi connectivity index (χ3n) is 5.69. The van der Waals surface area contributed by atoms with Gasteiger partial charge in [-0.3, -0.25) is 9.59 Å². The molecule has 0 heterocycles. The van der Waals surface area contributed by atoms with E-state index < -0.39 is 5.91 Å². The van der Waals surface area contributed by atoms with Crippen molar-refractivity contribution in [3.63, 3.8) is 0 Å². The second-order valence-corrected chi connectivity index (χ2v) is 8.77. The van der Waals surface area contributed by atoms with Gasteiger partial charge in [-0.05, 0) is 56.2 Å². The molecule has 0 saturated carbocycles. The molecule has 0 aliphatic heterocycles. The summed E-state index contributed by atoms with van der Waals surface area (Å²) in [6, 6.07) is 4.09. The highest BCUT2D eigenvalue weighted by atomic mass is 16.3. The van der Waals surface area contributed by atoms with Gasteiger partial charge < -0.3 is 20.8 Å². The maximum atomic E-state index is 12.1. The molecule has 0 aromatic heterocycles. The number of nitrogens with one attached hydrogen (secondary N) is 2. The zero-order valence-corrected chi connectivity index (χ0v) is 21.4. The molecular formula is C29H44N2O4. The molecule has 0 atom stereocenters. The van der Waals surface area contributed by atoms with E-state index in [2.05, 4.69) is 48.4 Å². The molecule has 0 saturated heterocycles. The molecule has 1 aromatic carbocycles. The van der Waals surface area contributed by atoms with Gasteiger partial charge in [-0.25, -0.2) is 0 Å². The van der Waals surface area contributed by atoms with Crippen LogP contribution < -0.4 is 10.6 Å².